The molecule has 0 unspecified atom stereocenters. The lowest BCUT2D eigenvalue weighted by Crippen LogP contribution is -2.12. The molecule has 7 nitrogen and oxygen atoms in total. The number of fused-ring (bicyclic) bond motifs is 1. The van der Waals surface area contributed by atoms with Crippen LogP contribution in [0.5, 0.6) is 0 Å². The summed E-state index contributed by atoms with van der Waals surface area (Å²) in [6.07, 6.45) is 0. The van der Waals surface area contributed by atoms with Crippen LogP contribution in [0, 0.1) is 6.92 Å². The molecule has 20 heavy (non-hydrogen) atoms. The molecule has 1 aromatic carbocycles. The third kappa shape index (κ3) is 2.36. The van der Waals surface area contributed by atoms with Crippen LogP contribution in [0.1, 0.15) is 5.69 Å². The second kappa shape index (κ2) is 5.16. The number of aryl methyl sites for hydroxylation is 1. The van der Waals surface area contributed by atoms with Gasteiger partial charge in [0.15, 0.2) is 0 Å². The smallest absolute Gasteiger partial charge is 0.239 e. The van der Waals surface area contributed by atoms with Gasteiger partial charge in [-0.2, -0.15) is 13.7 Å². The fraction of sp³-hybridized carbons (Fsp3) is 0.0909. The van der Waals surface area contributed by atoms with Crippen LogP contribution in [-0.2, 0) is 0 Å². The minimum absolute atomic E-state index is 0.326. The summed E-state index contributed by atoms with van der Waals surface area (Å²) in [7, 11) is 0. The van der Waals surface area contributed by atoms with Crippen LogP contribution >= 0.6 is 23.3 Å². The molecule has 0 atom stereocenters. The molecule has 0 bridgehead atoms. The van der Waals surface area contributed by atoms with E-state index in [1.807, 2.05) is 13.0 Å². The fourth-order valence-corrected chi connectivity index (χ4v) is 2.51. The van der Waals surface area contributed by atoms with E-state index in [0.29, 0.717) is 28.0 Å². The van der Waals surface area contributed by atoms with E-state index < -0.39 is 0 Å². The third-order valence-electron chi connectivity index (χ3n) is 2.61. The molecule has 0 aliphatic carbocycles. The number of nitrogens with one attached hydrogen (secondary N) is 2. The minimum atomic E-state index is 0.326. The van der Waals surface area contributed by atoms with Crippen LogP contribution in [-0.4, -0.2) is 18.7 Å². The lowest BCUT2D eigenvalue weighted by molar-refractivity contribution is 1.07. The first kappa shape index (κ1) is 13.0. The van der Waals surface area contributed by atoms with Gasteiger partial charge in [0.1, 0.15) is 16.9 Å². The maximum atomic E-state index is 6.21. The average molecular weight is 308 g/mol. The van der Waals surface area contributed by atoms with Crippen molar-refractivity contribution in [1.29, 1.82) is 0 Å². The van der Waals surface area contributed by atoms with Gasteiger partial charge in [-0.15, -0.1) is 0 Å². The summed E-state index contributed by atoms with van der Waals surface area (Å²) in [6, 6.07) is 5.38. The second-order valence-corrected chi connectivity index (χ2v) is 4.98. The Morgan fingerprint density at radius 3 is 2.90 bits per heavy atom. The number of rotatable bonds is 3. The summed E-state index contributed by atoms with van der Waals surface area (Å²) >= 11 is 7.35. The topological polar surface area (TPSA) is 102 Å². The highest BCUT2D eigenvalue weighted by Crippen LogP contribution is 2.32. The molecule has 0 amide bonds. The molecule has 0 spiro atoms. The van der Waals surface area contributed by atoms with E-state index >= 15 is 0 Å². The maximum absolute atomic E-state index is 6.21. The van der Waals surface area contributed by atoms with Gasteiger partial charge in [0.2, 0.25) is 5.95 Å². The highest BCUT2D eigenvalue weighted by atomic mass is 35.5. The standard InChI is InChI=1S/C11H10ClN7S/c1-5-4-8(16-11(14-5)17-13)15-9-6(12)2-3-7-10(9)19-20-18-7/h2-4H,13H2,1H3,(H2,14,15,16,17). The Labute approximate surface area is 123 Å². The van der Waals surface area contributed by atoms with Crippen molar-refractivity contribution in [3.63, 3.8) is 0 Å². The van der Waals surface area contributed by atoms with Crippen molar-refractivity contribution >= 4 is 51.8 Å². The highest BCUT2D eigenvalue weighted by molar-refractivity contribution is 7.00. The lowest BCUT2D eigenvalue weighted by atomic mass is 10.2. The monoisotopic (exact) mass is 307 g/mol. The molecule has 9 heteroatoms. The zero-order valence-electron chi connectivity index (χ0n) is 10.4. The number of anilines is 3. The Morgan fingerprint density at radius 1 is 1.25 bits per heavy atom. The van der Waals surface area contributed by atoms with E-state index in [0.717, 1.165) is 22.9 Å². The molecule has 0 fully saturated rings. The summed E-state index contributed by atoms with van der Waals surface area (Å²) in [6.45, 7) is 1.85. The van der Waals surface area contributed by atoms with Crippen LogP contribution in [0.4, 0.5) is 17.5 Å². The third-order valence-corrected chi connectivity index (χ3v) is 3.47. The van der Waals surface area contributed by atoms with Crippen LogP contribution in [0.3, 0.4) is 0 Å². The molecule has 4 N–H and O–H groups in total. The molecular weight excluding hydrogens is 298 g/mol. The molecule has 0 saturated heterocycles. The normalized spacial score (nSPS) is 10.8. The van der Waals surface area contributed by atoms with Crippen molar-refractivity contribution in [3.05, 3.63) is 28.9 Å². The molecular formula is C11H10ClN7S. The van der Waals surface area contributed by atoms with Crippen molar-refractivity contribution in [2.45, 2.75) is 6.92 Å². The SMILES string of the molecule is Cc1cc(Nc2c(Cl)ccc3nsnc23)nc(NN)n1. The van der Waals surface area contributed by atoms with Gasteiger partial charge in [0.25, 0.3) is 0 Å². The summed E-state index contributed by atoms with van der Waals surface area (Å²) in [5.41, 5.74) is 5.35. The van der Waals surface area contributed by atoms with Crippen molar-refractivity contribution in [1.82, 2.24) is 18.7 Å². The Balaban J connectivity index is 2.07. The van der Waals surface area contributed by atoms with Gasteiger partial charge >= 0.3 is 0 Å². The Kier molecular flexibility index (Phi) is 3.35. The van der Waals surface area contributed by atoms with E-state index in [1.165, 1.54) is 0 Å². The van der Waals surface area contributed by atoms with Crippen molar-refractivity contribution < 1.29 is 0 Å². The average Bonchev–Trinajstić information content (AvgIpc) is 2.90. The number of nitrogens with two attached hydrogens (primary N) is 1. The van der Waals surface area contributed by atoms with Crippen LogP contribution in [0.25, 0.3) is 11.0 Å². The van der Waals surface area contributed by atoms with E-state index in [-0.39, 0.29) is 0 Å². The van der Waals surface area contributed by atoms with Gasteiger partial charge in [0.05, 0.1) is 22.4 Å². The lowest BCUT2D eigenvalue weighted by Gasteiger charge is -2.09. The molecule has 3 rings (SSSR count). The van der Waals surface area contributed by atoms with Crippen molar-refractivity contribution in [2.24, 2.45) is 5.84 Å². The second-order valence-electron chi connectivity index (χ2n) is 4.04. The number of nitrogens with zero attached hydrogens (tertiary/aromatic N) is 4. The number of aromatic nitrogens is 4. The van der Waals surface area contributed by atoms with Gasteiger partial charge in [-0.1, -0.05) is 11.6 Å². The summed E-state index contributed by atoms with van der Waals surface area (Å²) in [5.74, 6) is 6.24. The predicted octanol–water partition coefficient (Wildman–Crippen LogP) is 2.47. The van der Waals surface area contributed by atoms with E-state index in [1.54, 1.807) is 12.1 Å². The van der Waals surface area contributed by atoms with Crippen LogP contribution in [0.2, 0.25) is 5.02 Å². The first-order chi connectivity index (χ1) is 9.67. The Morgan fingerprint density at radius 2 is 2.10 bits per heavy atom. The molecule has 0 aliphatic heterocycles. The van der Waals surface area contributed by atoms with E-state index in [2.05, 4.69) is 29.5 Å². The molecule has 102 valence electrons. The van der Waals surface area contributed by atoms with Crippen molar-refractivity contribution in [3.8, 4) is 0 Å². The first-order valence-electron chi connectivity index (χ1n) is 5.67. The molecule has 3 aromatic rings. The number of hydrazine groups is 1. The Hall–Kier alpha value is -2.03. The van der Waals surface area contributed by atoms with E-state index in [4.69, 9.17) is 17.4 Å². The quantitative estimate of drug-likeness (QED) is 0.504. The molecule has 0 radical (unpaired) electrons. The van der Waals surface area contributed by atoms with Gasteiger partial charge in [-0.3, -0.25) is 5.43 Å². The van der Waals surface area contributed by atoms with Gasteiger partial charge in [-0.05, 0) is 19.1 Å². The predicted molar refractivity (Wildman–Crippen MR) is 80.3 cm³/mol. The van der Waals surface area contributed by atoms with Crippen LogP contribution < -0.4 is 16.6 Å². The summed E-state index contributed by atoms with van der Waals surface area (Å²) in [4.78, 5) is 8.34. The van der Waals surface area contributed by atoms with Crippen molar-refractivity contribution in [2.75, 3.05) is 10.7 Å². The number of halogens is 1. The van der Waals surface area contributed by atoms with Gasteiger partial charge in [-0.25, -0.2) is 10.8 Å². The molecule has 2 aromatic heterocycles. The number of hydrogen-bond donors (Lipinski definition) is 3. The van der Waals surface area contributed by atoms with E-state index in [9.17, 15) is 0 Å². The van der Waals surface area contributed by atoms with Gasteiger partial charge in [0, 0.05) is 11.8 Å². The van der Waals surface area contributed by atoms with Crippen LogP contribution in [0.15, 0.2) is 18.2 Å². The fourth-order valence-electron chi connectivity index (χ4n) is 1.77. The minimum Gasteiger partial charge on any atom is -0.337 e. The number of benzene rings is 1. The summed E-state index contributed by atoms with van der Waals surface area (Å²) in [5, 5.41) is 3.69. The highest BCUT2D eigenvalue weighted by Gasteiger charge is 2.11. The van der Waals surface area contributed by atoms with Gasteiger partial charge < -0.3 is 5.32 Å². The molecule has 2 heterocycles. The number of nitrogen functional groups attached to an aromatic ring is 1. The number of hydrogen-bond acceptors (Lipinski definition) is 8. The first-order valence-corrected chi connectivity index (χ1v) is 6.78. The zero-order chi connectivity index (χ0) is 14.1. The Bertz CT molecular complexity index is 773. The summed E-state index contributed by atoms with van der Waals surface area (Å²) < 4.78 is 8.42. The zero-order valence-corrected chi connectivity index (χ0v) is 12.0. The molecule has 0 aliphatic rings. The maximum Gasteiger partial charge on any atom is 0.239 e. The largest absolute Gasteiger partial charge is 0.337 e. The molecule has 0 saturated carbocycles.